The van der Waals surface area contributed by atoms with Crippen molar-refractivity contribution in [3.8, 4) is 0 Å². The zero-order valence-corrected chi connectivity index (χ0v) is 14.6. The SMILES string of the molecule is CC(NCc1ccc(Cl)cc1)C(c1ccccc1)c1ccccc1. The maximum absolute atomic E-state index is 5.96. The monoisotopic (exact) mass is 335 g/mol. The first-order valence-corrected chi connectivity index (χ1v) is 8.69. The molecule has 2 heteroatoms. The van der Waals surface area contributed by atoms with Gasteiger partial charge in [0.15, 0.2) is 0 Å². The van der Waals surface area contributed by atoms with E-state index in [4.69, 9.17) is 11.6 Å². The summed E-state index contributed by atoms with van der Waals surface area (Å²) in [6.07, 6.45) is 0. The first kappa shape index (κ1) is 16.8. The predicted molar refractivity (Wildman–Crippen MR) is 102 cm³/mol. The van der Waals surface area contributed by atoms with E-state index in [1.807, 2.05) is 12.1 Å². The van der Waals surface area contributed by atoms with E-state index in [2.05, 4.69) is 85.0 Å². The standard InChI is InChI=1S/C22H22ClN/c1-17(24-16-18-12-14-21(23)15-13-18)22(19-8-4-2-5-9-19)20-10-6-3-7-11-20/h2-15,17,22,24H,16H2,1H3. The van der Waals surface area contributed by atoms with Gasteiger partial charge in [0.25, 0.3) is 0 Å². The van der Waals surface area contributed by atoms with Crippen LogP contribution in [0.15, 0.2) is 84.9 Å². The number of hydrogen-bond donors (Lipinski definition) is 1. The Bertz CT molecular complexity index is 698. The van der Waals surface area contributed by atoms with Gasteiger partial charge < -0.3 is 5.32 Å². The van der Waals surface area contributed by atoms with Crippen molar-refractivity contribution in [2.45, 2.75) is 25.4 Å². The highest BCUT2D eigenvalue weighted by Crippen LogP contribution is 2.28. The van der Waals surface area contributed by atoms with Gasteiger partial charge in [-0.15, -0.1) is 0 Å². The van der Waals surface area contributed by atoms with E-state index in [0.29, 0.717) is 12.0 Å². The third-order valence-electron chi connectivity index (χ3n) is 4.36. The van der Waals surface area contributed by atoms with Gasteiger partial charge in [-0.2, -0.15) is 0 Å². The highest BCUT2D eigenvalue weighted by molar-refractivity contribution is 6.30. The fourth-order valence-corrected chi connectivity index (χ4v) is 3.22. The van der Waals surface area contributed by atoms with E-state index in [-0.39, 0.29) is 0 Å². The second-order valence-corrected chi connectivity index (χ2v) is 6.53. The molecule has 1 nitrogen and oxygen atoms in total. The van der Waals surface area contributed by atoms with Crippen LogP contribution in [-0.4, -0.2) is 6.04 Å². The average molecular weight is 336 g/mol. The molecule has 1 atom stereocenters. The van der Waals surface area contributed by atoms with E-state index < -0.39 is 0 Å². The van der Waals surface area contributed by atoms with Crippen LogP contribution in [-0.2, 0) is 6.54 Å². The molecule has 0 spiro atoms. The first-order chi connectivity index (χ1) is 11.7. The van der Waals surface area contributed by atoms with E-state index in [0.717, 1.165) is 11.6 Å². The van der Waals surface area contributed by atoms with Crippen LogP contribution in [0.25, 0.3) is 0 Å². The lowest BCUT2D eigenvalue weighted by Gasteiger charge is -2.26. The van der Waals surface area contributed by atoms with Crippen LogP contribution in [0.2, 0.25) is 5.02 Å². The molecular weight excluding hydrogens is 314 g/mol. The molecule has 0 radical (unpaired) electrons. The van der Waals surface area contributed by atoms with Gasteiger partial charge in [-0.25, -0.2) is 0 Å². The third kappa shape index (κ3) is 4.25. The lowest BCUT2D eigenvalue weighted by atomic mass is 9.86. The van der Waals surface area contributed by atoms with E-state index >= 15 is 0 Å². The van der Waals surface area contributed by atoms with Gasteiger partial charge in [0, 0.05) is 23.5 Å². The van der Waals surface area contributed by atoms with Crippen molar-refractivity contribution in [2.75, 3.05) is 0 Å². The molecule has 1 N–H and O–H groups in total. The summed E-state index contributed by atoms with van der Waals surface area (Å²) >= 11 is 5.96. The molecular formula is C22H22ClN. The molecule has 0 aliphatic heterocycles. The van der Waals surface area contributed by atoms with Crippen molar-refractivity contribution < 1.29 is 0 Å². The molecule has 0 saturated carbocycles. The molecule has 122 valence electrons. The van der Waals surface area contributed by atoms with Crippen molar-refractivity contribution in [3.63, 3.8) is 0 Å². The highest BCUT2D eigenvalue weighted by Gasteiger charge is 2.20. The van der Waals surface area contributed by atoms with Crippen molar-refractivity contribution in [2.24, 2.45) is 0 Å². The summed E-state index contributed by atoms with van der Waals surface area (Å²) in [5.41, 5.74) is 3.91. The topological polar surface area (TPSA) is 12.0 Å². The van der Waals surface area contributed by atoms with Gasteiger partial charge in [-0.1, -0.05) is 84.4 Å². The van der Waals surface area contributed by atoms with E-state index in [9.17, 15) is 0 Å². The number of hydrogen-bond acceptors (Lipinski definition) is 1. The van der Waals surface area contributed by atoms with Crippen molar-refractivity contribution in [1.82, 2.24) is 5.32 Å². The first-order valence-electron chi connectivity index (χ1n) is 8.32. The van der Waals surface area contributed by atoms with Gasteiger partial charge in [0.1, 0.15) is 0 Å². The fraction of sp³-hybridized carbons (Fsp3) is 0.182. The number of halogens is 1. The Morgan fingerprint density at radius 1 is 0.750 bits per heavy atom. The summed E-state index contributed by atoms with van der Waals surface area (Å²) in [6.45, 7) is 3.08. The van der Waals surface area contributed by atoms with Gasteiger partial charge in [-0.05, 0) is 35.7 Å². The molecule has 3 rings (SSSR count). The molecule has 0 aliphatic rings. The Kier molecular flexibility index (Phi) is 5.68. The summed E-state index contributed by atoms with van der Waals surface area (Å²) in [4.78, 5) is 0. The third-order valence-corrected chi connectivity index (χ3v) is 4.61. The maximum atomic E-state index is 5.96. The smallest absolute Gasteiger partial charge is 0.0406 e. The van der Waals surface area contributed by atoms with Crippen molar-refractivity contribution in [3.05, 3.63) is 107 Å². The summed E-state index contributed by atoms with van der Waals surface area (Å²) in [5, 5.41) is 4.45. The normalized spacial score (nSPS) is 12.3. The predicted octanol–water partition coefficient (Wildman–Crippen LogP) is 5.65. The second-order valence-electron chi connectivity index (χ2n) is 6.10. The lowest BCUT2D eigenvalue weighted by Crippen LogP contribution is -2.32. The molecule has 0 aromatic heterocycles. The Morgan fingerprint density at radius 2 is 1.25 bits per heavy atom. The quantitative estimate of drug-likeness (QED) is 0.613. The number of rotatable bonds is 6. The van der Waals surface area contributed by atoms with Crippen LogP contribution >= 0.6 is 11.6 Å². The largest absolute Gasteiger partial charge is 0.309 e. The maximum Gasteiger partial charge on any atom is 0.0406 e. The van der Waals surface area contributed by atoms with Crippen LogP contribution in [0.3, 0.4) is 0 Å². The summed E-state index contributed by atoms with van der Waals surface area (Å²) in [5.74, 6) is 0.319. The molecule has 0 bridgehead atoms. The molecule has 24 heavy (non-hydrogen) atoms. The Morgan fingerprint density at radius 3 is 1.75 bits per heavy atom. The molecule has 3 aromatic carbocycles. The Balaban J connectivity index is 1.79. The van der Waals surface area contributed by atoms with Crippen LogP contribution in [0, 0.1) is 0 Å². The molecule has 0 aliphatic carbocycles. The minimum absolute atomic E-state index is 0.311. The van der Waals surface area contributed by atoms with Gasteiger partial charge in [0.05, 0.1) is 0 Å². The zero-order valence-electron chi connectivity index (χ0n) is 13.8. The molecule has 0 amide bonds. The average Bonchev–Trinajstić information content (AvgIpc) is 2.63. The van der Waals surface area contributed by atoms with Crippen LogP contribution in [0.5, 0.6) is 0 Å². The zero-order chi connectivity index (χ0) is 16.8. The van der Waals surface area contributed by atoms with Crippen LogP contribution in [0.4, 0.5) is 0 Å². The lowest BCUT2D eigenvalue weighted by molar-refractivity contribution is 0.498. The summed E-state index contributed by atoms with van der Waals surface area (Å²) in [7, 11) is 0. The van der Waals surface area contributed by atoms with Crippen LogP contribution < -0.4 is 5.32 Å². The van der Waals surface area contributed by atoms with Crippen molar-refractivity contribution >= 4 is 11.6 Å². The van der Waals surface area contributed by atoms with E-state index in [1.54, 1.807) is 0 Å². The molecule has 1 unspecified atom stereocenters. The molecule has 0 heterocycles. The minimum atomic E-state index is 0.311. The van der Waals surface area contributed by atoms with Gasteiger partial charge in [-0.3, -0.25) is 0 Å². The number of nitrogens with one attached hydrogen (secondary N) is 1. The van der Waals surface area contributed by atoms with Gasteiger partial charge in [0.2, 0.25) is 0 Å². The Labute approximate surface area is 149 Å². The summed E-state index contributed by atoms with van der Waals surface area (Å²) < 4.78 is 0. The summed E-state index contributed by atoms with van der Waals surface area (Å²) in [6, 6.07) is 29.7. The van der Waals surface area contributed by atoms with E-state index in [1.165, 1.54) is 16.7 Å². The second kappa shape index (κ2) is 8.14. The van der Waals surface area contributed by atoms with Crippen molar-refractivity contribution in [1.29, 1.82) is 0 Å². The molecule has 0 fully saturated rings. The Hall–Kier alpha value is -2.09. The fourth-order valence-electron chi connectivity index (χ4n) is 3.09. The number of benzene rings is 3. The van der Waals surface area contributed by atoms with Gasteiger partial charge >= 0.3 is 0 Å². The van der Waals surface area contributed by atoms with Crippen LogP contribution in [0.1, 0.15) is 29.5 Å². The molecule has 3 aromatic rings. The highest BCUT2D eigenvalue weighted by atomic mass is 35.5. The minimum Gasteiger partial charge on any atom is -0.309 e. The molecule has 0 saturated heterocycles.